The van der Waals surface area contributed by atoms with Crippen LogP contribution in [0.1, 0.15) is 51.4 Å². The average molecular weight is 269 g/mol. The Hall–Kier alpha value is -0.120. The minimum atomic E-state index is 0.186. The number of methoxy groups -OCH3 is 1. The van der Waals surface area contributed by atoms with Gasteiger partial charge in [0.25, 0.3) is 0 Å². The topological polar surface area (TPSA) is 32.7 Å². The summed E-state index contributed by atoms with van der Waals surface area (Å²) in [7, 11) is 1.81. The summed E-state index contributed by atoms with van der Waals surface area (Å²) in [6.07, 6.45) is 10.3. The number of aliphatic hydroxyl groups is 1. The first-order chi connectivity index (χ1) is 9.28. The highest BCUT2D eigenvalue weighted by atomic mass is 16.5. The molecule has 1 heterocycles. The van der Waals surface area contributed by atoms with E-state index in [2.05, 4.69) is 4.90 Å². The highest BCUT2D eigenvalue weighted by molar-refractivity contribution is 4.86. The molecule has 0 aromatic rings. The van der Waals surface area contributed by atoms with Crippen molar-refractivity contribution in [1.29, 1.82) is 0 Å². The maximum Gasteiger partial charge on any atom is 0.0502 e. The van der Waals surface area contributed by atoms with Crippen molar-refractivity contribution >= 4 is 0 Å². The molecule has 1 N–H and O–H groups in total. The second-order valence-corrected chi connectivity index (χ2v) is 6.77. The predicted octanol–water partition coefficient (Wildman–Crippen LogP) is 2.68. The molecule has 2 aliphatic rings. The summed E-state index contributed by atoms with van der Waals surface area (Å²) in [6, 6.07) is 0. The van der Waals surface area contributed by atoms with Gasteiger partial charge < -0.3 is 14.7 Å². The Balaban J connectivity index is 1.89. The van der Waals surface area contributed by atoms with Crippen LogP contribution in [0.25, 0.3) is 0 Å². The molecule has 112 valence electrons. The summed E-state index contributed by atoms with van der Waals surface area (Å²) >= 11 is 0. The lowest BCUT2D eigenvalue weighted by molar-refractivity contribution is 0.0275. The van der Waals surface area contributed by atoms with Crippen LogP contribution in [0, 0.1) is 11.3 Å². The smallest absolute Gasteiger partial charge is 0.0502 e. The molecule has 1 unspecified atom stereocenters. The molecule has 0 radical (unpaired) electrons. The first kappa shape index (κ1) is 15.3. The molecular formula is C16H31NO2. The molecule has 3 nitrogen and oxygen atoms in total. The van der Waals surface area contributed by atoms with Gasteiger partial charge in [0.2, 0.25) is 0 Å². The van der Waals surface area contributed by atoms with Gasteiger partial charge in [0, 0.05) is 32.2 Å². The van der Waals surface area contributed by atoms with Crippen LogP contribution in [0.5, 0.6) is 0 Å². The molecular weight excluding hydrogens is 238 g/mol. The lowest BCUT2D eigenvalue weighted by Crippen LogP contribution is -2.45. The molecule has 0 aromatic heterocycles. The van der Waals surface area contributed by atoms with Crippen molar-refractivity contribution in [3.05, 3.63) is 0 Å². The number of rotatable bonds is 5. The van der Waals surface area contributed by atoms with E-state index in [1.807, 2.05) is 0 Å². The fourth-order valence-corrected chi connectivity index (χ4v) is 3.99. The molecule has 3 heteroatoms. The minimum absolute atomic E-state index is 0.186. The van der Waals surface area contributed by atoms with Gasteiger partial charge in [-0.05, 0) is 38.1 Å². The largest absolute Gasteiger partial charge is 0.396 e. The molecule has 2 rings (SSSR count). The monoisotopic (exact) mass is 269 g/mol. The van der Waals surface area contributed by atoms with Gasteiger partial charge >= 0.3 is 0 Å². The lowest BCUT2D eigenvalue weighted by Gasteiger charge is -2.40. The second-order valence-electron chi connectivity index (χ2n) is 6.77. The Morgan fingerprint density at radius 2 is 1.89 bits per heavy atom. The van der Waals surface area contributed by atoms with Crippen LogP contribution >= 0.6 is 0 Å². The molecule has 1 saturated carbocycles. The zero-order chi connectivity index (χ0) is 13.6. The van der Waals surface area contributed by atoms with Crippen molar-refractivity contribution in [3.63, 3.8) is 0 Å². The third-order valence-corrected chi connectivity index (χ3v) is 5.06. The van der Waals surface area contributed by atoms with E-state index in [9.17, 15) is 5.11 Å². The van der Waals surface area contributed by atoms with Gasteiger partial charge in [0.1, 0.15) is 0 Å². The molecule has 1 saturated heterocycles. The molecule has 0 aromatic carbocycles. The molecule has 0 spiro atoms. The van der Waals surface area contributed by atoms with Crippen molar-refractivity contribution in [2.45, 2.75) is 51.4 Å². The molecule has 2 fully saturated rings. The zero-order valence-corrected chi connectivity index (χ0v) is 12.6. The Morgan fingerprint density at radius 1 is 1.16 bits per heavy atom. The van der Waals surface area contributed by atoms with Gasteiger partial charge in [-0.3, -0.25) is 0 Å². The van der Waals surface area contributed by atoms with Gasteiger partial charge in [0.05, 0.1) is 6.61 Å². The molecule has 0 bridgehead atoms. The number of nitrogens with zero attached hydrogens (tertiary/aromatic N) is 1. The standard InChI is InChI=1S/C16H31NO2/c1-19-12-15-7-6-10-17(11-15)13-16(14-18)8-4-2-3-5-9-16/h15,18H,2-14H2,1H3. The Kier molecular flexibility index (Phi) is 6.11. The van der Waals surface area contributed by atoms with Crippen LogP contribution in [0.2, 0.25) is 0 Å². The summed E-state index contributed by atoms with van der Waals surface area (Å²) in [4.78, 5) is 2.59. The maximum atomic E-state index is 9.92. The quantitative estimate of drug-likeness (QED) is 0.779. The molecule has 19 heavy (non-hydrogen) atoms. The van der Waals surface area contributed by atoms with Crippen LogP contribution in [0.4, 0.5) is 0 Å². The number of aliphatic hydroxyl groups excluding tert-OH is 1. The highest BCUT2D eigenvalue weighted by Gasteiger charge is 2.33. The normalized spacial score (nSPS) is 29.1. The van der Waals surface area contributed by atoms with Gasteiger partial charge in [-0.25, -0.2) is 0 Å². The Labute approximate surface area is 118 Å². The van der Waals surface area contributed by atoms with E-state index in [-0.39, 0.29) is 5.41 Å². The summed E-state index contributed by atoms with van der Waals surface area (Å²) in [6.45, 7) is 4.74. The Morgan fingerprint density at radius 3 is 2.53 bits per heavy atom. The van der Waals surface area contributed by atoms with Crippen LogP contribution in [-0.4, -0.2) is 50.0 Å². The van der Waals surface area contributed by atoms with Crippen molar-refractivity contribution in [2.24, 2.45) is 11.3 Å². The van der Waals surface area contributed by atoms with Gasteiger partial charge in [-0.2, -0.15) is 0 Å². The van der Waals surface area contributed by atoms with Crippen molar-refractivity contribution in [2.75, 3.05) is 40.0 Å². The SMILES string of the molecule is COCC1CCCN(CC2(CO)CCCCCC2)C1. The predicted molar refractivity (Wildman–Crippen MR) is 78.3 cm³/mol. The van der Waals surface area contributed by atoms with E-state index >= 15 is 0 Å². The van der Waals surface area contributed by atoms with Crippen LogP contribution in [0.15, 0.2) is 0 Å². The first-order valence-electron chi connectivity index (χ1n) is 8.10. The maximum absolute atomic E-state index is 9.92. The number of hydrogen-bond acceptors (Lipinski definition) is 3. The van der Waals surface area contributed by atoms with Crippen LogP contribution < -0.4 is 0 Å². The van der Waals surface area contributed by atoms with Crippen LogP contribution in [0.3, 0.4) is 0 Å². The number of piperidine rings is 1. The highest BCUT2D eigenvalue weighted by Crippen LogP contribution is 2.36. The summed E-state index contributed by atoms with van der Waals surface area (Å²) in [5.74, 6) is 0.695. The Bertz CT molecular complexity index is 247. The summed E-state index contributed by atoms with van der Waals surface area (Å²) < 4.78 is 5.32. The third-order valence-electron chi connectivity index (χ3n) is 5.06. The fraction of sp³-hybridized carbons (Fsp3) is 1.00. The summed E-state index contributed by atoms with van der Waals surface area (Å²) in [5, 5.41) is 9.92. The fourth-order valence-electron chi connectivity index (χ4n) is 3.99. The van der Waals surface area contributed by atoms with E-state index in [1.165, 1.54) is 57.9 Å². The minimum Gasteiger partial charge on any atom is -0.396 e. The van der Waals surface area contributed by atoms with Gasteiger partial charge in [0.15, 0.2) is 0 Å². The average Bonchev–Trinajstić information content (AvgIpc) is 2.66. The number of likely N-dealkylation sites (tertiary alicyclic amines) is 1. The lowest BCUT2D eigenvalue weighted by atomic mass is 9.80. The van der Waals surface area contributed by atoms with E-state index in [4.69, 9.17) is 4.74 Å². The van der Waals surface area contributed by atoms with Crippen molar-refractivity contribution < 1.29 is 9.84 Å². The van der Waals surface area contributed by atoms with Gasteiger partial charge in [-0.1, -0.05) is 25.7 Å². The van der Waals surface area contributed by atoms with E-state index in [1.54, 1.807) is 7.11 Å². The number of hydrogen-bond donors (Lipinski definition) is 1. The second kappa shape index (κ2) is 7.61. The zero-order valence-electron chi connectivity index (χ0n) is 12.6. The molecule has 1 atom stereocenters. The number of ether oxygens (including phenoxy) is 1. The van der Waals surface area contributed by atoms with E-state index in [0.717, 1.165) is 19.7 Å². The van der Waals surface area contributed by atoms with E-state index < -0.39 is 0 Å². The molecule has 0 amide bonds. The molecule has 1 aliphatic heterocycles. The summed E-state index contributed by atoms with van der Waals surface area (Å²) in [5.41, 5.74) is 0.186. The third kappa shape index (κ3) is 4.44. The van der Waals surface area contributed by atoms with Crippen molar-refractivity contribution in [3.8, 4) is 0 Å². The molecule has 1 aliphatic carbocycles. The van der Waals surface area contributed by atoms with Gasteiger partial charge in [-0.15, -0.1) is 0 Å². The van der Waals surface area contributed by atoms with E-state index in [0.29, 0.717) is 12.5 Å². The van der Waals surface area contributed by atoms with Crippen molar-refractivity contribution in [1.82, 2.24) is 4.90 Å². The van der Waals surface area contributed by atoms with Crippen LogP contribution in [-0.2, 0) is 4.74 Å². The first-order valence-corrected chi connectivity index (χ1v) is 8.10.